The smallest absolute Gasteiger partial charge is 0.307 e. The van der Waals surface area contributed by atoms with Crippen LogP contribution in [0.3, 0.4) is 0 Å². The third kappa shape index (κ3) is 6.12. The van der Waals surface area contributed by atoms with Gasteiger partial charge in [-0.3, -0.25) is 9.79 Å². The molecule has 1 atom stereocenters. The van der Waals surface area contributed by atoms with Crippen molar-refractivity contribution in [3.8, 4) is 0 Å². The molecule has 0 saturated carbocycles. The lowest BCUT2D eigenvalue weighted by Gasteiger charge is -2.19. The minimum atomic E-state index is -0.284. The molecule has 0 aliphatic rings. The molecule has 1 aromatic carbocycles. The van der Waals surface area contributed by atoms with Gasteiger partial charge in [-0.15, -0.1) is 0 Å². The SMILES string of the molecule is CCNC(=NCCC(=O)OC)NC(C)c1ccc(Cl)cc1Cl. The molecule has 0 amide bonds. The highest BCUT2D eigenvalue weighted by Crippen LogP contribution is 2.25. The van der Waals surface area contributed by atoms with Crippen LogP contribution in [0.2, 0.25) is 10.0 Å². The van der Waals surface area contributed by atoms with Crippen molar-refractivity contribution in [3.05, 3.63) is 33.8 Å². The van der Waals surface area contributed by atoms with Crippen LogP contribution in [0.1, 0.15) is 31.9 Å². The molecule has 5 nitrogen and oxygen atoms in total. The van der Waals surface area contributed by atoms with Crippen molar-refractivity contribution in [1.29, 1.82) is 0 Å². The molecule has 0 fully saturated rings. The van der Waals surface area contributed by atoms with Crippen LogP contribution in [0.15, 0.2) is 23.2 Å². The van der Waals surface area contributed by atoms with Crippen LogP contribution < -0.4 is 10.6 Å². The van der Waals surface area contributed by atoms with E-state index in [1.165, 1.54) is 7.11 Å². The van der Waals surface area contributed by atoms with Gasteiger partial charge >= 0.3 is 5.97 Å². The molecule has 22 heavy (non-hydrogen) atoms. The molecule has 0 aliphatic heterocycles. The number of hydrogen-bond acceptors (Lipinski definition) is 3. The van der Waals surface area contributed by atoms with Gasteiger partial charge in [0.25, 0.3) is 0 Å². The van der Waals surface area contributed by atoms with Gasteiger partial charge in [0.15, 0.2) is 5.96 Å². The minimum Gasteiger partial charge on any atom is -0.469 e. The second kappa shape index (κ2) is 9.54. The Balaban J connectivity index is 2.72. The number of carbonyl (C=O) groups excluding carboxylic acids is 1. The van der Waals surface area contributed by atoms with Crippen LogP contribution in [0, 0.1) is 0 Å². The molecular weight excluding hydrogens is 325 g/mol. The van der Waals surface area contributed by atoms with Crippen LogP contribution >= 0.6 is 23.2 Å². The van der Waals surface area contributed by atoms with Gasteiger partial charge in [0, 0.05) is 16.6 Å². The number of ether oxygens (including phenoxy) is 1. The second-order valence-electron chi connectivity index (χ2n) is 4.62. The normalized spacial score (nSPS) is 12.7. The zero-order chi connectivity index (χ0) is 16.5. The van der Waals surface area contributed by atoms with Crippen molar-refractivity contribution in [3.63, 3.8) is 0 Å². The van der Waals surface area contributed by atoms with Gasteiger partial charge in [-0.2, -0.15) is 0 Å². The Morgan fingerprint density at radius 3 is 2.73 bits per heavy atom. The van der Waals surface area contributed by atoms with Gasteiger partial charge in [0.05, 0.1) is 26.1 Å². The Hall–Kier alpha value is -1.46. The summed E-state index contributed by atoms with van der Waals surface area (Å²) in [5.74, 6) is 0.332. The number of esters is 1. The number of rotatable bonds is 6. The van der Waals surface area contributed by atoms with Crippen molar-refractivity contribution in [2.45, 2.75) is 26.3 Å². The summed E-state index contributed by atoms with van der Waals surface area (Å²) in [6.07, 6.45) is 0.239. The first kappa shape index (κ1) is 18.6. The number of benzene rings is 1. The molecule has 122 valence electrons. The van der Waals surface area contributed by atoms with E-state index in [-0.39, 0.29) is 18.4 Å². The Morgan fingerprint density at radius 1 is 1.41 bits per heavy atom. The molecule has 0 saturated heterocycles. The number of halogens is 2. The lowest BCUT2D eigenvalue weighted by Crippen LogP contribution is -2.39. The molecule has 0 spiro atoms. The molecule has 0 radical (unpaired) electrons. The van der Waals surface area contributed by atoms with Crippen molar-refractivity contribution in [2.24, 2.45) is 4.99 Å². The maximum absolute atomic E-state index is 11.1. The predicted octanol–water partition coefficient (Wildman–Crippen LogP) is 3.17. The van der Waals surface area contributed by atoms with Crippen LogP contribution in [0.4, 0.5) is 0 Å². The first-order chi connectivity index (χ1) is 10.5. The Morgan fingerprint density at radius 2 is 2.14 bits per heavy atom. The van der Waals surface area contributed by atoms with E-state index in [0.717, 1.165) is 5.56 Å². The number of guanidine groups is 1. The summed E-state index contributed by atoms with van der Waals surface area (Å²) < 4.78 is 4.59. The predicted molar refractivity (Wildman–Crippen MR) is 90.6 cm³/mol. The van der Waals surface area contributed by atoms with Gasteiger partial charge in [-0.05, 0) is 31.5 Å². The number of nitrogens with one attached hydrogen (secondary N) is 2. The fourth-order valence-electron chi connectivity index (χ4n) is 1.82. The lowest BCUT2D eigenvalue weighted by molar-refractivity contribution is -0.140. The third-order valence-electron chi connectivity index (χ3n) is 2.94. The highest BCUT2D eigenvalue weighted by molar-refractivity contribution is 6.35. The Kier molecular flexibility index (Phi) is 8.06. The van der Waals surface area contributed by atoms with E-state index in [1.54, 1.807) is 12.1 Å². The molecule has 0 aromatic heterocycles. The fraction of sp³-hybridized carbons (Fsp3) is 0.467. The quantitative estimate of drug-likeness (QED) is 0.472. The zero-order valence-electron chi connectivity index (χ0n) is 13.0. The Labute approximate surface area is 141 Å². The molecule has 0 bridgehead atoms. The van der Waals surface area contributed by atoms with Gasteiger partial charge in [0.1, 0.15) is 0 Å². The van der Waals surface area contributed by atoms with Crippen molar-refractivity contribution < 1.29 is 9.53 Å². The summed E-state index contributed by atoms with van der Waals surface area (Å²) in [5, 5.41) is 7.56. The molecule has 0 aliphatic carbocycles. The highest BCUT2D eigenvalue weighted by atomic mass is 35.5. The highest BCUT2D eigenvalue weighted by Gasteiger charge is 2.12. The van der Waals surface area contributed by atoms with Crippen molar-refractivity contribution in [1.82, 2.24) is 10.6 Å². The fourth-order valence-corrected chi connectivity index (χ4v) is 2.39. The summed E-state index contributed by atoms with van der Waals surface area (Å²) in [5.41, 5.74) is 0.921. The molecule has 1 aromatic rings. The van der Waals surface area contributed by atoms with E-state index in [0.29, 0.717) is 29.1 Å². The van der Waals surface area contributed by atoms with E-state index in [2.05, 4.69) is 20.4 Å². The standard InChI is InChI=1S/C15H21Cl2N3O2/c1-4-18-15(19-8-7-14(21)22-3)20-10(2)12-6-5-11(16)9-13(12)17/h5-6,9-10H,4,7-8H2,1-3H3,(H2,18,19,20). The second-order valence-corrected chi connectivity index (χ2v) is 5.46. The average Bonchev–Trinajstić information content (AvgIpc) is 2.46. The molecule has 2 N–H and O–H groups in total. The number of aliphatic imine (C=N–C) groups is 1. The average molecular weight is 346 g/mol. The van der Waals surface area contributed by atoms with E-state index >= 15 is 0 Å². The first-order valence-electron chi connectivity index (χ1n) is 7.04. The van der Waals surface area contributed by atoms with Crippen LogP contribution in [-0.2, 0) is 9.53 Å². The maximum Gasteiger partial charge on any atom is 0.307 e. The summed E-state index contributed by atoms with van der Waals surface area (Å²) >= 11 is 12.1. The summed E-state index contributed by atoms with van der Waals surface area (Å²) in [6, 6.07) is 5.32. The number of hydrogen-bond donors (Lipinski definition) is 2. The van der Waals surface area contributed by atoms with Gasteiger partial charge < -0.3 is 15.4 Å². The van der Waals surface area contributed by atoms with Gasteiger partial charge in [-0.25, -0.2) is 0 Å². The first-order valence-corrected chi connectivity index (χ1v) is 7.80. The summed E-state index contributed by atoms with van der Waals surface area (Å²) in [7, 11) is 1.36. The molecule has 1 unspecified atom stereocenters. The van der Waals surface area contributed by atoms with Crippen molar-refractivity contribution in [2.75, 3.05) is 20.2 Å². The topological polar surface area (TPSA) is 62.7 Å². The number of methoxy groups -OCH3 is 1. The molecular formula is C15H21Cl2N3O2. The monoisotopic (exact) mass is 345 g/mol. The summed E-state index contributed by atoms with van der Waals surface area (Å²) in [6.45, 7) is 5.01. The minimum absolute atomic E-state index is 0.0549. The van der Waals surface area contributed by atoms with Crippen LogP contribution in [0.5, 0.6) is 0 Å². The van der Waals surface area contributed by atoms with Gasteiger partial charge in [0.2, 0.25) is 0 Å². The molecule has 1 rings (SSSR count). The van der Waals surface area contributed by atoms with Crippen LogP contribution in [-0.4, -0.2) is 32.1 Å². The molecule has 7 heteroatoms. The lowest BCUT2D eigenvalue weighted by atomic mass is 10.1. The maximum atomic E-state index is 11.1. The zero-order valence-corrected chi connectivity index (χ0v) is 14.5. The van der Waals surface area contributed by atoms with Gasteiger partial charge in [-0.1, -0.05) is 29.3 Å². The van der Waals surface area contributed by atoms with E-state index < -0.39 is 0 Å². The third-order valence-corrected chi connectivity index (χ3v) is 3.50. The van der Waals surface area contributed by atoms with Crippen LogP contribution in [0.25, 0.3) is 0 Å². The van der Waals surface area contributed by atoms with E-state index in [1.807, 2.05) is 19.9 Å². The number of carbonyl (C=O) groups is 1. The molecule has 0 heterocycles. The summed E-state index contributed by atoms with van der Waals surface area (Å²) in [4.78, 5) is 15.4. The van der Waals surface area contributed by atoms with Crippen molar-refractivity contribution >= 4 is 35.1 Å². The van der Waals surface area contributed by atoms with E-state index in [9.17, 15) is 4.79 Å². The largest absolute Gasteiger partial charge is 0.469 e. The number of nitrogens with zero attached hydrogens (tertiary/aromatic N) is 1. The van der Waals surface area contributed by atoms with E-state index in [4.69, 9.17) is 23.2 Å². The Bertz CT molecular complexity index is 536.